The van der Waals surface area contributed by atoms with Gasteiger partial charge in [-0.1, -0.05) is 18.2 Å². The van der Waals surface area contributed by atoms with Gasteiger partial charge in [-0.15, -0.1) is 0 Å². The van der Waals surface area contributed by atoms with Gasteiger partial charge >= 0.3 is 13.1 Å². The lowest BCUT2D eigenvalue weighted by molar-refractivity contribution is -0.143. The van der Waals surface area contributed by atoms with Crippen molar-refractivity contribution in [2.45, 2.75) is 71.9 Å². The molecular weight excluding hydrogens is 303 g/mol. The Morgan fingerprint density at radius 3 is 2.08 bits per heavy atom. The molecule has 0 aliphatic carbocycles. The Labute approximate surface area is 146 Å². The molecule has 1 atom stereocenters. The molecule has 0 spiro atoms. The summed E-state index contributed by atoms with van der Waals surface area (Å²) in [5, 5.41) is 0. The number of esters is 1. The van der Waals surface area contributed by atoms with E-state index in [0.717, 1.165) is 16.7 Å². The first kappa shape index (κ1) is 19.0. The zero-order valence-corrected chi connectivity index (χ0v) is 15.9. The van der Waals surface area contributed by atoms with Crippen molar-refractivity contribution in [2.24, 2.45) is 0 Å². The summed E-state index contributed by atoms with van der Waals surface area (Å²) in [5.74, 6) is -0.411. The van der Waals surface area contributed by atoms with E-state index in [1.54, 1.807) is 0 Å². The molecule has 1 heterocycles. The quantitative estimate of drug-likeness (QED) is 0.604. The Balaban J connectivity index is 2.40. The third kappa shape index (κ3) is 3.67. The van der Waals surface area contributed by atoms with E-state index in [4.69, 9.17) is 14.0 Å². The molecule has 24 heavy (non-hydrogen) atoms. The average molecular weight is 332 g/mol. The van der Waals surface area contributed by atoms with Gasteiger partial charge in [-0.2, -0.15) is 0 Å². The first-order valence-electron chi connectivity index (χ1n) is 8.66. The lowest BCUT2D eigenvalue weighted by Crippen LogP contribution is -2.41. The van der Waals surface area contributed by atoms with Crippen LogP contribution in [0.3, 0.4) is 0 Å². The van der Waals surface area contributed by atoms with Crippen LogP contribution in [-0.4, -0.2) is 30.9 Å². The molecule has 0 amide bonds. The lowest BCUT2D eigenvalue weighted by Gasteiger charge is -2.32. The van der Waals surface area contributed by atoms with E-state index in [1.807, 2.05) is 40.7 Å². The maximum Gasteiger partial charge on any atom is 0.466 e. The Kier molecular flexibility index (Phi) is 5.45. The molecule has 0 N–H and O–H groups in total. The highest BCUT2D eigenvalue weighted by Crippen LogP contribution is 2.42. The Hall–Kier alpha value is -1.33. The highest BCUT2D eigenvalue weighted by molar-refractivity contribution is 6.48. The predicted octanol–water partition coefficient (Wildman–Crippen LogP) is 3.97. The topological polar surface area (TPSA) is 44.8 Å². The van der Waals surface area contributed by atoms with Gasteiger partial charge < -0.3 is 14.0 Å². The number of hydrogen-bond donors (Lipinski definition) is 0. The molecule has 4 nitrogen and oxygen atoms in total. The molecule has 1 aliphatic heterocycles. The van der Waals surface area contributed by atoms with E-state index in [0.29, 0.717) is 6.61 Å². The molecule has 0 radical (unpaired) electrons. The van der Waals surface area contributed by atoms with E-state index >= 15 is 0 Å². The van der Waals surface area contributed by atoms with Gasteiger partial charge in [-0.25, -0.2) is 0 Å². The van der Waals surface area contributed by atoms with Crippen molar-refractivity contribution < 1.29 is 18.8 Å². The zero-order chi connectivity index (χ0) is 18.1. The number of ether oxygens (including phenoxy) is 1. The summed E-state index contributed by atoms with van der Waals surface area (Å²) >= 11 is 0. The van der Waals surface area contributed by atoms with Crippen molar-refractivity contribution in [1.82, 2.24) is 0 Å². The standard InChI is InChI=1S/C19H29BO4/c1-8-22-16(21)12-15(17-13(2)10-9-11-14(17)3)20-23-18(4,5)19(6,7)24-20/h9-11,15H,8,12H2,1-7H3. The number of carbonyl (C=O) groups excluding carboxylic acids is 1. The maximum atomic E-state index is 12.2. The molecular formula is C19H29BO4. The van der Waals surface area contributed by atoms with E-state index in [9.17, 15) is 4.79 Å². The first-order valence-corrected chi connectivity index (χ1v) is 8.66. The Morgan fingerprint density at radius 1 is 1.12 bits per heavy atom. The highest BCUT2D eigenvalue weighted by atomic mass is 16.7. The molecule has 0 saturated carbocycles. The third-order valence-corrected chi connectivity index (χ3v) is 5.20. The second-order valence-corrected chi connectivity index (χ2v) is 7.55. The zero-order valence-electron chi connectivity index (χ0n) is 15.9. The van der Waals surface area contributed by atoms with Crippen LogP contribution in [0.1, 0.15) is 63.5 Å². The molecule has 1 unspecified atom stereocenters. The Bertz CT molecular complexity index is 573. The summed E-state index contributed by atoms with van der Waals surface area (Å²) in [4.78, 5) is 12.2. The van der Waals surface area contributed by atoms with Gasteiger partial charge in [0, 0.05) is 5.82 Å². The smallest absolute Gasteiger partial charge is 0.466 e. The predicted molar refractivity (Wildman–Crippen MR) is 96.0 cm³/mol. The van der Waals surface area contributed by atoms with Crippen LogP contribution in [0.15, 0.2) is 18.2 Å². The molecule has 132 valence electrons. The summed E-state index contributed by atoms with van der Waals surface area (Å²) in [6.45, 7) is 14.4. The van der Waals surface area contributed by atoms with Crippen molar-refractivity contribution in [3.8, 4) is 0 Å². The van der Waals surface area contributed by atoms with Crippen LogP contribution in [0.5, 0.6) is 0 Å². The maximum absolute atomic E-state index is 12.2. The van der Waals surface area contributed by atoms with Gasteiger partial charge in [-0.05, 0) is 65.2 Å². The minimum Gasteiger partial charge on any atom is -0.466 e. The van der Waals surface area contributed by atoms with E-state index < -0.39 is 18.3 Å². The lowest BCUT2D eigenvalue weighted by atomic mass is 9.64. The average Bonchev–Trinajstić information content (AvgIpc) is 2.66. The minimum atomic E-state index is -0.473. The van der Waals surface area contributed by atoms with Crippen molar-refractivity contribution in [3.63, 3.8) is 0 Å². The largest absolute Gasteiger partial charge is 0.466 e. The molecule has 1 aliphatic rings. The molecule has 1 fully saturated rings. The fraction of sp³-hybridized carbons (Fsp3) is 0.632. The second kappa shape index (κ2) is 6.89. The molecule has 1 saturated heterocycles. The van der Waals surface area contributed by atoms with Crippen LogP contribution in [0.4, 0.5) is 0 Å². The highest BCUT2D eigenvalue weighted by Gasteiger charge is 2.54. The van der Waals surface area contributed by atoms with Crippen LogP contribution >= 0.6 is 0 Å². The number of hydrogen-bond acceptors (Lipinski definition) is 4. The van der Waals surface area contributed by atoms with Crippen molar-refractivity contribution in [3.05, 3.63) is 34.9 Å². The normalized spacial score (nSPS) is 20.0. The second-order valence-electron chi connectivity index (χ2n) is 7.55. The van der Waals surface area contributed by atoms with Gasteiger partial charge in [0.2, 0.25) is 0 Å². The van der Waals surface area contributed by atoms with Crippen LogP contribution in [-0.2, 0) is 18.8 Å². The summed E-state index contributed by atoms with van der Waals surface area (Å²) in [7, 11) is -0.473. The monoisotopic (exact) mass is 332 g/mol. The van der Waals surface area contributed by atoms with Crippen molar-refractivity contribution in [1.29, 1.82) is 0 Å². The summed E-state index contributed by atoms with van der Waals surface area (Å²) in [6, 6.07) is 6.15. The minimum absolute atomic E-state index is 0.189. The van der Waals surface area contributed by atoms with Crippen molar-refractivity contribution in [2.75, 3.05) is 6.61 Å². The van der Waals surface area contributed by atoms with Crippen LogP contribution < -0.4 is 0 Å². The molecule has 0 aromatic heterocycles. The molecule has 1 aromatic carbocycles. The van der Waals surface area contributed by atoms with Gasteiger partial charge in [0.1, 0.15) is 0 Å². The van der Waals surface area contributed by atoms with Crippen LogP contribution in [0.25, 0.3) is 0 Å². The van der Waals surface area contributed by atoms with Gasteiger partial charge in [0.15, 0.2) is 0 Å². The van der Waals surface area contributed by atoms with E-state index in [1.165, 1.54) is 0 Å². The first-order chi connectivity index (χ1) is 11.1. The van der Waals surface area contributed by atoms with Crippen LogP contribution in [0.2, 0.25) is 0 Å². The number of rotatable bonds is 5. The fourth-order valence-electron chi connectivity index (χ4n) is 3.20. The number of benzene rings is 1. The molecule has 5 heteroatoms. The SMILES string of the molecule is CCOC(=O)CC(B1OC(C)(C)C(C)(C)O1)c1c(C)cccc1C. The molecule has 1 aromatic rings. The van der Waals surface area contributed by atoms with Crippen molar-refractivity contribution >= 4 is 13.1 Å². The van der Waals surface area contributed by atoms with E-state index in [-0.39, 0.29) is 18.2 Å². The summed E-state index contributed by atoms with van der Waals surface area (Å²) < 4.78 is 17.7. The fourth-order valence-corrected chi connectivity index (χ4v) is 3.20. The molecule has 0 bridgehead atoms. The molecule has 2 rings (SSSR count). The summed E-state index contributed by atoms with van der Waals surface area (Å²) in [6.07, 6.45) is 0.246. The van der Waals surface area contributed by atoms with E-state index in [2.05, 4.69) is 26.0 Å². The number of carbonyl (C=O) groups is 1. The Morgan fingerprint density at radius 2 is 1.62 bits per heavy atom. The van der Waals surface area contributed by atoms with Gasteiger partial charge in [0.05, 0.1) is 24.2 Å². The number of aryl methyl sites for hydroxylation is 2. The third-order valence-electron chi connectivity index (χ3n) is 5.20. The van der Waals surface area contributed by atoms with Gasteiger partial charge in [-0.3, -0.25) is 4.79 Å². The summed E-state index contributed by atoms with van der Waals surface area (Å²) in [5.41, 5.74) is 2.53. The van der Waals surface area contributed by atoms with Gasteiger partial charge in [0.25, 0.3) is 0 Å². The van der Waals surface area contributed by atoms with Crippen LogP contribution in [0, 0.1) is 13.8 Å².